The van der Waals surface area contributed by atoms with E-state index >= 15 is 0 Å². The number of nitrogens with one attached hydrogen (secondary N) is 1. The van der Waals surface area contributed by atoms with Crippen LogP contribution < -0.4 is 5.32 Å². The molecule has 0 atom stereocenters. The molecule has 76 valence electrons. The van der Waals surface area contributed by atoms with E-state index in [2.05, 4.69) is 15.3 Å². The highest BCUT2D eigenvalue weighted by atomic mass is 16.5. The average molecular weight is 195 g/mol. The molecule has 1 heterocycles. The number of carbonyl (C=O) groups is 1. The molecule has 1 aromatic rings. The molecule has 0 unspecified atom stereocenters. The van der Waals surface area contributed by atoms with Gasteiger partial charge in [-0.3, -0.25) is 0 Å². The van der Waals surface area contributed by atoms with Crippen molar-refractivity contribution < 1.29 is 9.53 Å². The Morgan fingerprint density at radius 2 is 2.36 bits per heavy atom. The van der Waals surface area contributed by atoms with Crippen LogP contribution in [0, 0.1) is 0 Å². The van der Waals surface area contributed by atoms with Crippen LogP contribution in [0.1, 0.15) is 24.2 Å². The minimum Gasteiger partial charge on any atom is -0.462 e. The summed E-state index contributed by atoms with van der Waals surface area (Å²) in [4.78, 5) is 19.1. The number of rotatable bonds is 4. The lowest BCUT2D eigenvalue weighted by molar-refractivity contribution is 0.0526. The molecule has 1 aromatic heterocycles. The molecule has 0 amide bonds. The van der Waals surface area contributed by atoms with Gasteiger partial charge in [-0.1, -0.05) is 0 Å². The largest absolute Gasteiger partial charge is 0.462 e. The first-order valence-electron chi connectivity index (χ1n) is 4.50. The molecule has 14 heavy (non-hydrogen) atoms. The lowest BCUT2D eigenvalue weighted by Gasteiger charge is -2.07. The fraction of sp³-hybridized carbons (Fsp3) is 0.444. The molecule has 0 bridgehead atoms. The quantitative estimate of drug-likeness (QED) is 0.728. The molecular formula is C9H13N3O2. The van der Waals surface area contributed by atoms with Crippen molar-refractivity contribution in [3.8, 4) is 0 Å². The SMILES string of the molecule is CCNc1ncncc1C(=O)OCC. The molecule has 0 fully saturated rings. The van der Waals surface area contributed by atoms with Crippen molar-refractivity contribution in [2.24, 2.45) is 0 Å². The number of esters is 1. The first kappa shape index (κ1) is 10.4. The van der Waals surface area contributed by atoms with Crippen molar-refractivity contribution in [1.82, 2.24) is 9.97 Å². The Labute approximate surface area is 82.5 Å². The fourth-order valence-electron chi connectivity index (χ4n) is 0.996. The Morgan fingerprint density at radius 3 is 3.00 bits per heavy atom. The van der Waals surface area contributed by atoms with Crippen LogP contribution in [0.3, 0.4) is 0 Å². The first-order chi connectivity index (χ1) is 6.79. The van der Waals surface area contributed by atoms with Gasteiger partial charge < -0.3 is 10.1 Å². The van der Waals surface area contributed by atoms with E-state index in [0.29, 0.717) is 24.5 Å². The zero-order chi connectivity index (χ0) is 10.4. The predicted octanol–water partition coefficient (Wildman–Crippen LogP) is 1.09. The minimum absolute atomic E-state index is 0.347. The van der Waals surface area contributed by atoms with E-state index in [4.69, 9.17) is 4.74 Å². The van der Waals surface area contributed by atoms with Gasteiger partial charge in [0.2, 0.25) is 0 Å². The summed E-state index contributed by atoms with van der Waals surface area (Å²) in [6, 6.07) is 0. The number of carbonyl (C=O) groups excluding carboxylic acids is 1. The van der Waals surface area contributed by atoms with Crippen LogP contribution in [0.15, 0.2) is 12.5 Å². The van der Waals surface area contributed by atoms with Crippen LogP contribution in [0.25, 0.3) is 0 Å². The van der Waals surface area contributed by atoms with E-state index < -0.39 is 5.97 Å². The lowest BCUT2D eigenvalue weighted by Crippen LogP contribution is -2.11. The van der Waals surface area contributed by atoms with E-state index in [9.17, 15) is 4.79 Å². The second kappa shape index (κ2) is 5.16. The standard InChI is InChI=1S/C9H13N3O2/c1-3-11-8-7(5-10-6-12-8)9(13)14-4-2/h5-6H,3-4H2,1-2H3,(H,10,11,12). The number of aromatic nitrogens is 2. The highest BCUT2D eigenvalue weighted by Crippen LogP contribution is 2.10. The maximum atomic E-state index is 11.4. The molecule has 1 rings (SSSR count). The number of ether oxygens (including phenoxy) is 1. The van der Waals surface area contributed by atoms with Crippen LogP contribution in [0.2, 0.25) is 0 Å². The summed E-state index contributed by atoms with van der Waals surface area (Å²) in [6.07, 6.45) is 2.84. The summed E-state index contributed by atoms with van der Waals surface area (Å²) < 4.78 is 4.86. The molecule has 0 spiro atoms. The van der Waals surface area contributed by atoms with Gasteiger partial charge in [-0.2, -0.15) is 0 Å². The maximum absolute atomic E-state index is 11.4. The summed E-state index contributed by atoms with van der Waals surface area (Å²) in [5.74, 6) is 0.116. The van der Waals surface area contributed by atoms with Gasteiger partial charge in [0.15, 0.2) is 0 Å². The van der Waals surface area contributed by atoms with Crippen LogP contribution in [0.4, 0.5) is 5.82 Å². The molecule has 0 aromatic carbocycles. The van der Waals surface area contributed by atoms with Crippen molar-refractivity contribution in [2.75, 3.05) is 18.5 Å². The van der Waals surface area contributed by atoms with Crippen molar-refractivity contribution in [3.63, 3.8) is 0 Å². The zero-order valence-electron chi connectivity index (χ0n) is 8.28. The summed E-state index contributed by atoms with van der Waals surface area (Å²) >= 11 is 0. The maximum Gasteiger partial charge on any atom is 0.343 e. The molecular weight excluding hydrogens is 182 g/mol. The van der Waals surface area contributed by atoms with Gasteiger partial charge in [0.25, 0.3) is 0 Å². The summed E-state index contributed by atoms with van der Waals surface area (Å²) in [7, 11) is 0. The summed E-state index contributed by atoms with van der Waals surface area (Å²) in [6.45, 7) is 4.73. The monoisotopic (exact) mass is 195 g/mol. The normalized spacial score (nSPS) is 9.57. The van der Waals surface area contributed by atoms with Crippen molar-refractivity contribution >= 4 is 11.8 Å². The molecule has 0 aliphatic rings. The number of nitrogens with zero attached hydrogens (tertiary/aromatic N) is 2. The molecule has 0 aliphatic carbocycles. The van der Waals surface area contributed by atoms with E-state index in [1.807, 2.05) is 6.92 Å². The second-order valence-electron chi connectivity index (χ2n) is 2.54. The average Bonchev–Trinajstić information content (AvgIpc) is 2.19. The van der Waals surface area contributed by atoms with Crippen LogP contribution in [-0.4, -0.2) is 29.1 Å². The number of hydrogen-bond acceptors (Lipinski definition) is 5. The van der Waals surface area contributed by atoms with E-state index in [1.165, 1.54) is 12.5 Å². The Bertz CT molecular complexity index is 315. The molecule has 0 saturated carbocycles. The molecule has 5 heteroatoms. The molecule has 0 aliphatic heterocycles. The zero-order valence-corrected chi connectivity index (χ0v) is 8.28. The predicted molar refractivity (Wildman–Crippen MR) is 52.2 cm³/mol. The van der Waals surface area contributed by atoms with Gasteiger partial charge in [0.1, 0.15) is 17.7 Å². The molecule has 0 radical (unpaired) electrons. The van der Waals surface area contributed by atoms with E-state index in [-0.39, 0.29) is 0 Å². The first-order valence-corrected chi connectivity index (χ1v) is 4.50. The van der Waals surface area contributed by atoms with Gasteiger partial charge in [-0.15, -0.1) is 0 Å². The van der Waals surface area contributed by atoms with Crippen LogP contribution in [0.5, 0.6) is 0 Å². The third kappa shape index (κ3) is 2.42. The van der Waals surface area contributed by atoms with Gasteiger partial charge in [0.05, 0.1) is 6.61 Å². The Balaban J connectivity index is 2.88. The minimum atomic E-state index is -0.399. The van der Waals surface area contributed by atoms with Crippen molar-refractivity contribution in [1.29, 1.82) is 0 Å². The van der Waals surface area contributed by atoms with Crippen molar-refractivity contribution in [3.05, 3.63) is 18.1 Å². The number of anilines is 1. The highest BCUT2D eigenvalue weighted by molar-refractivity contribution is 5.94. The Kier molecular flexibility index (Phi) is 3.84. The third-order valence-corrected chi connectivity index (χ3v) is 1.55. The highest BCUT2D eigenvalue weighted by Gasteiger charge is 2.12. The third-order valence-electron chi connectivity index (χ3n) is 1.55. The lowest BCUT2D eigenvalue weighted by atomic mass is 10.3. The smallest absolute Gasteiger partial charge is 0.343 e. The number of hydrogen-bond donors (Lipinski definition) is 1. The van der Waals surface area contributed by atoms with Crippen LogP contribution >= 0.6 is 0 Å². The Hall–Kier alpha value is -1.65. The van der Waals surface area contributed by atoms with Crippen molar-refractivity contribution in [2.45, 2.75) is 13.8 Å². The van der Waals surface area contributed by atoms with Gasteiger partial charge in [-0.25, -0.2) is 14.8 Å². The van der Waals surface area contributed by atoms with E-state index in [0.717, 1.165) is 0 Å². The summed E-state index contributed by atoms with van der Waals surface area (Å²) in [5.41, 5.74) is 0.371. The van der Waals surface area contributed by atoms with Gasteiger partial charge >= 0.3 is 5.97 Å². The van der Waals surface area contributed by atoms with E-state index in [1.54, 1.807) is 6.92 Å². The summed E-state index contributed by atoms with van der Waals surface area (Å²) in [5, 5.41) is 2.96. The second-order valence-corrected chi connectivity index (χ2v) is 2.54. The fourth-order valence-corrected chi connectivity index (χ4v) is 0.996. The van der Waals surface area contributed by atoms with Crippen LogP contribution in [-0.2, 0) is 4.74 Å². The molecule has 1 N–H and O–H groups in total. The molecule has 5 nitrogen and oxygen atoms in total. The van der Waals surface area contributed by atoms with Gasteiger partial charge in [-0.05, 0) is 13.8 Å². The Morgan fingerprint density at radius 1 is 1.57 bits per heavy atom. The molecule has 0 saturated heterocycles. The topological polar surface area (TPSA) is 64.1 Å². The van der Waals surface area contributed by atoms with Gasteiger partial charge in [0, 0.05) is 12.7 Å².